The Bertz CT molecular complexity index is 2270. The average Bonchev–Trinajstić information content (AvgIpc) is 3.66. The summed E-state index contributed by atoms with van der Waals surface area (Å²) >= 11 is 0. The zero-order chi connectivity index (χ0) is 34.9. The summed E-state index contributed by atoms with van der Waals surface area (Å²) in [4.78, 5) is 81.7. The van der Waals surface area contributed by atoms with Crippen molar-refractivity contribution in [3.8, 4) is 0 Å². The second-order valence-corrected chi connectivity index (χ2v) is 12.0. The molecule has 2 aliphatic rings. The Kier molecular flexibility index (Phi) is 7.62. The van der Waals surface area contributed by atoms with Gasteiger partial charge in [-0.05, 0) is 12.1 Å². The number of nitrogens with one attached hydrogen (secondary N) is 1. The highest BCUT2D eigenvalue weighted by atomic mass is 16.7. The van der Waals surface area contributed by atoms with Gasteiger partial charge >= 0.3 is 23.9 Å². The third-order valence-corrected chi connectivity index (χ3v) is 8.86. The van der Waals surface area contributed by atoms with Crippen LogP contribution in [-0.2, 0) is 42.9 Å². The molecule has 2 aromatic heterocycles. The summed E-state index contributed by atoms with van der Waals surface area (Å²) in [6, 6.07) is 14.5. The fourth-order valence-electron chi connectivity index (χ4n) is 7.12. The molecule has 0 saturated carbocycles. The van der Waals surface area contributed by atoms with E-state index in [0.717, 1.165) is 18.7 Å². The zero-order valence-electron chi connectivity index (χ0n) is 27.1. The van der Waals surface area contributed by atoms with Gasteiger partial charge in [0.2, 0.25) is 0 Å². The molecule has 14 nitrogen and oxygen atoms in total. The van der Waals surface area contributed by atoms with Crippen molar-refractivity contribution in [1.29, 1.82) is 0 Å². The number of hydrogen-bond donors (Lipinski definition) is 1. The van der Waals surface area contributed by atoms with Crippen LogP contribution in [0.2, 0.25) is 0 Å². The molecular formula is C35H31N3O11. The molecule has 14 heteroatoms. The first kappa shape index (κ1) is 31.8. The monoisotopic (exact) mass is 669 g/mol. The number of imide groups is 1. The zero-order valence-corrected chi connectivity index (χ0v) is 27.1. The summed E-state index contributed by atoms with van der Waals surface area (Å²) < 4.78 is 30.8. The van der Waals surface area contributed by atoms with Gasteiger partial charge in [-0.3, -0.25) is 33.7 Å². The van der Waals surface area contributed by atoms with E-state index in [1.54, 1.807) is 28.8 Å². The Labute approximate surface area is 277 Å². The fourth-order valence-corrected chi connectivity index (χ4v) is 7.12. The summed E-state index contributed by atoms with van der Waals surface area (Å²) in [5.41, 5.74) is 2.58. The number of rotatable bonds is 6. The van der Waals surface area contributed by atoms with Crippen molar-refractivity contribution in [2.75, 3.05) is 13.7 Å². The number of fused-ring (bicyclic) bond motifs is 10. The standard InChI is InChI=1S/C35H31N3O11/c1-15(39)45-14-23-30(46-16(2)40)31(47-17(3)41)32(48-18(4)42)35(49-23)38-22-13-9-7-11-20(22)25-27-26(33(43)37(5)34(27)44)24-19-10-6-8-12-21(19)36-28(24)29(25)38/h6-13,23,30-32,35-36H,14H2,1-5H3/t23?,30-,31?,32?,35+/m1/s1. The van der Waals surface area contributed by atoms with Crippen molar-refractivity contribution in [3.63, 3.8) is 0 Å². The second-order valence-electron chi connectivity index (χ2n) is 12.0. The van der Waals surface area contributed by atoms with E-state index in [1.807, 2.05) is 24.3 Å². The lowest BCUT2D eigenvalue weighted by molar-refractivity contribution is -0.267. The first-order valence-corrected chi connectivity index (χ1v) is 15.5. The number of esters is 4. The van der Waals surface area contributed by atoms with Crippen molar-refractivity contribution < 1.29 is 52.5 Å². The van der Waals surface area contributed by atoms with Gasteiger partial charge in [0.25, 0.3) is 11.8 Å². The third kappa shape index (κ3) is 4.98. The van der Waals surface area contributed by atoms with Gasteiger partial charge in [-0.1, -0.05) is 36.4 Å². The second kappa shape index (κ2) is 11.7. The lowest BCUT2D eigenvalue weighted by atomic mass is 9.96. The molecule has 1 fully saturated rings. The van der Waals surface area contributed by atoms with Crippen LogP contribution in [0, 0.1) is 0 Å². The first-order chi connectivity index (χ1) is 23.4. The summed E-state index contributed by atoms with van der Waals surface area (Å²) in [6.07, 6.45) is -6.75. The predicted molar refractivity (Wildman–Crippen MR) is 172 cm³/mol. The van der Waals surface area contributed by atoms with Gasteiger partial charge < -0.3 is 33.2 Å². The maximum Gasteiger partial charge on any atom is 0.303 e. The number of aromatic nitrogens is 2. The van der Waals surface area contributed by atoms with Crippen LogP contribution in [0.5, 0.6) is 0 Å². The molecule has 0 bridgehead atoms. The number of H-pyrrole nitrogens is 1. The minimum absolute atomic E-state index is 0.195. The highest BCUT2D eigenvalue weighted by Crippen LogP contribution is 2.47. The maximum atomic E-state index is 13.9. The van der Waals surface area contributed by atoms with Gasteiger partial charge in [0, 0.05) is 61.8 Å². The molecule has 0 aliphatic carbocycles. The number of para-hydroxylation sites is 2. The van der Waals surface area contributed by atoms with Gasteiger partial charge in [0.05, 0.1) is 27.7 Å². The molecule has 3 aromatic carbocycles. The van der Waals surface area contributed by atoms with E-state index in [1.165, 1.54) is 20.9 Å². The third-order valence-electron chi connectivity index (χ3n) is 8.86. The molecular weight excluding hydrogens is 638 g/mol. The summed E-state index contributed by atoms with van der Waals surface area (Å²) in [6.45, 7) is 4.25. The van der Waals surface area contributed by atoms with E-state index in [4.69, 9.17) is 23.7 Å². The van der Waals surface area contributed by atoms with Gasteiger partial charge in [-0.25, -0.2) is 0 Å². The number of carbonyl (C=O) groups is 6. The van der Waals surface area contributed by atoms with E-state index in [-0.39, 0.29) is 11.1 Å². The number of carbonyl (C=O) groups excluding carboxylic acids is 6. The van der Waals surface area contributed by atoms with E-state index >= 15 is 0 Å². The number of aromatic amines is 1. The van der Waals surface area contributed by atoms with E-state index in [2.05, 4.69) is 4.98 Å². The van der Waals surface area contributed by atoms with E-state index < -0.39 is 72.9 Å². The van der Waals surface area contributed by atoms with Crippen LogP contribution >= 0.6 is 0 Å². The molecule has 1 saturated heterocycles. The van der Waals surface area contributed by atoms with Gasteiger partial charge in [0.15, 0.2) is 24.5 Å². The van der Waals surface area contributed by atoms with Crippen molar-refractivity contribution >= 4 is 79.3 Å². The van der Waals surface area contributed by atoms with Crippen molar-refractivity contribution in [1.82, 2.24) is 14.5 Å². The summed E-state index contributed by atoms with van der Waals surface area (Å²) in [5.74, 6) is -3.88. The molecule has 7 rings (SSSR count). The van der Waals surface area contributed by atoms with Gasteiger partial charge in [-0.2, -0.15) is 0 Å². The highest BCUT2D eigenvalue weighted by molar-refractivity contribution is 6.39. The molecule has 5 aromatic rings. The van der Waals surface area contributed by atoms with E-state index in [0.29, 0.717) is 43.6 Å². The number of benzene rings is 3. The molecule has 4 heterocycles. The number of ether oxygens (including phenoxy) is 5. The number of nitrogens with zero attached hydrogens (tertiary/aromatic N) is 2. The molecule has 3 unspecified atom stereocenters. The minimum atomic E-state index is -1.43. The van der Waals surface area contributed by atoms with Crippen LogP contribution in [0.4, 0.5) is 0 Å². The van der Waals surface area contributed by atoms with Crippen LogP contribution in [-0.4, -0.2) is 88.2 Å². The topological polar surface area (TPSA) is 173 Å². The smallest absolute Gasteiger partial charge is 0.303 e. The fraction of sp³-hybridized carbons (Fsp3) is 0.314. The van der Waals surface area contributed by atoms with Gasteiger partial charge in [0.1, 0.15) is 12.7 Å². The summed E-state index contributed by atoms with van der Waals surface area (Å²) in [7, 11) is 1.43. The first-order valence-electron chi connectivity index (χ1n) is 15.5. The highest BCUT2D eigenvalue weighted by Gasteiger charge is 2.54. The molecule has 2 amide bonds. The van der Waals surface area contributed by atoms with Crippen LogP contribution in [0.25, 0.3) is 43.6 Å². The molecule has 0 radical (unpaired) electrons. The lowest BCUT2D eigenvalue weighted by Crippen LogP contribution is -2.60. The van der Waals surface area contributed by atoms with Crippen molar-refractivity contribution in [3.05, 3.63) is 59.7 Å². The van der Waals surface area contributed by atoms with Crippen LogP contribution in [0.15, 0.2) is 48.5 Å². The Morgan fingerprint density at radius 1 is 0.735 bits per heavy atom. The average molecular weight is 670 g/mol. The summed E-state index contributed by atoms with van der Waals surface area (Å²) in [5, 5.41) is 2.24. The predicted octanol–water partition coefficient (Wildman–Crippen LogP) is 3.91. The quantitative estimate of drug-likeness (QED) is 0.158. The van der Waals surface area contributed by atoms with Gasteiger partial charge in [-0.15, -0.1) is 0 Å². The van der Waals surface area contributed by atoms with Crippen LogP contribution < -0.4 is 0 Å². The van der Waals surface area contributed by atoms with Crippen molar-refractivity contribution in [2.45, 2.75) is 58.3 Å². The Morgan fingerprint density at radius 2 is 1.31 bits per heavy atom. The Hall–Kier alpha value is -5.76. The normalized spacial score (nSPS) is 22.1. The Morgan fingerprint density at radius 3 is 1.96 bits per heavy atom. The molecule has 2 aliphatic heterocycles. The molecule has 1 N–H and O–H groups in total. The molecule has 49 heavy (non-hydrogen) atoms. The number of hydrogen-bond acceptors (Lipinski definition) is 11. The van der Waals surface area contributed by atoms with Crippen LogP contribution in [0.1, 0.15) is 54.6 Å². The molecule has 252 valence electrons. The maximum absolute atomic E-state index is 13.9. The number of amides is 2. The Balaban J connectivity index is 1.61. The largest absolute Gasteiger partial charge is 0.463 e. The SMILES string of the molecule is CC(=O)OCC1O[C@H](n2c3ccccc3c3c4c(c5c6ccccc6[nH]c5c32)C(=O)N(C)C4=O)C(OC(C)=O)C(OC(C)=O)[C@@H]1OC(C)=O. The van der Waals surface area contributed by atoms with Crippen molar-refractivity contribution in [2.24, 2.45) is 0 Å². The van der Waals surface area contributed by atoms with E-state index in [9.17, 15) is 28.8 Å². The minimum Gasteiger partial charge on any atom is -0.463 e. The lowest BCUT2D eigenvalue weighted by Gasteiger charge is -2.45. The molecule has 5 atom stereocenters. The molecule has 0 spiro atoms. The van der Waals surface area contributed by atoms with Crippen LogP contribution in [0.3, 0.4) is 0 Å².